The van der Waals surface area contributed by atoms with Crippen molar-refractivity contribution < 1.29 is 19.1 Å². The zero-order chi connectivity index (χ0) is 23.7. The number of ether oxygens (including phenoxy) is 2. The molecular weight excluding hydrogens is 424 g/mol. The molecule has 2 heterocycles. The molecule has 0 atom stereocenters. The van der Waals surface area contributed by atoms with E-state index in [-0.39, 0.29) is 26.3 Å². The summed E-state index contributed by atoms with van der Waals surface area (Å²) >= 11 is 0. The first-order valence-electron chi connectivity index (χ1n) is 10.1. The molecule has 0 fully saturated rings. The number of carbonyl (C=O) groups is 2. The van der Waals surface area contributed by atoms with Crippen molar-refractivity contribution in [2.45, 2.75) is 52.6 Å². The van der Waals surface area contributed by atoms with E-state index < -0.39 is 34.4 Å². The molecular formula is C20H26N4O8. The lowest BCUT2D eigenvalue weighted by Gasteiger charge is -2.08. The summed E-state index contributed by atoms with van der Waals surface area (Å²) in [6.07, 6.45) is 5.29. The van der Waals surface area contributed by atoms with Gasteiger partial charge in [-0.1, -0.05) is 0 Å². The van der Waals surface area contributed by atoms with Crippen LogP contribution in [-0.2, 0) is 32.2 Å². The summed E-state index contributed by atoms with van der Waals surface area (Å²) in [4.78, 5) is 73.7. The Kier molecular flexibility index (Phi) is 8.93. The lowest BCUT2D eigenvalue weighted by atomic mass is 10.2. The molecule has 2 N–H and O–H groups in total. The summed E-state index contributed by atoms with van der Waals surface area (Å²) in [5.74, 6) is -1.17. The molecule has 2 aromatic heterocycles. The number of nitrogens with zero attached hydrogens (tertiary/aromatic N) is 2. The Balaban J connectivity index is 1.58. The summed E-state index contributed by atoms with van der Waals surface area (Å²) in [6.45, 7) is 2.85. The third-order valence-electron chi connectivity index (χ3n) is 4.54. The van der Waals surface area contributed by atoms with Crippen LogP contribution in [0.25, 0.3) is 0 Å². The standard InChI is InChI=1S/C20H26N4O8/c1-13-9-23(19(29)21-17(13)27)11-15(25)31-7-5-3-4-6-8-32-16(26)12-24-10-14(2)18(28)22-20(24)30/h9-10H,3-8,11-12H2,1-2H3,(H,21,27,29)(H,22,28,30). The Morgan fingerprint density at radius 3 is 1.47 bits per heavy atom. The molecule has 0 amide bonds. The van der Waals surface area contributed by atoms with E-state index >= 15 is 0 Å². The fraction of sp³-hybridized carbons (Fsp3) is 0.500. The third-order valence-corrected chi connectivity index (χ3v) is 4.54. The van der Waals surface area contributed by atoms with Crippen molar-refractivity contribution in [1.82, 2.24) is 19.1 Å². The number of unbranched alkanes of at least 4 members (excludes halogenated alkanes) is 3. The molecule has 174 valence electrons. The van der Waals surface area contributed by atoms with Crippen LogP contribution in [0.2, 0.25) is 0 Å². The topological polar surface area (TPSA) is 162 Å². The summed E-state index contributed by atoms with van der Waals surface area (Å²) in [6, 6.07) is 0. The molecule has 0 saturated heterocycles. The predicted molar refractivity (Wildman–Crippen MR) is 113 cm³/mol. The summed E-state index contributed by atoms with van der Waals surface area (Å²) < 4.78 is 12.3. The second-order valence-corrected chi connectivity index (χ2v) is 7.25. The highest BCUT2D eigenvalue weighted by atomic mass is 16.5. The monoisotopic (exact) mass is 450 g/mol. The van der Waals surface area contributed by atoms with Crippen molar-refractivity contribution in [1.29, 1.82) is 0 Å². The SMILES string of the molecule is Cc1cn(CC(=O)OCCCCCCOC(=O)Cn2cc(C)c(=O)[nH]c2=O)c(=O)[nH]c1=O. The van der Waals surface area contributed by atoms with Gasteiger partial charge in [-0.05, 0) is 39.5 Å². The summed E-state index contributed by atoms with van der Waals surface area (Å²) in [5.41, 5.74) is -1.70. The Labute approximate surface area is 181 Å². The Hall–Kier alpha value is -3.70. The number of carbonyl (C=O) groups excluding carboxylic acids is 2. The van der Waals surface area contributed by atoms with E-state index in [1.165, 1.54) is 26.2 Å². The fourth-order valence-corrected chi connectivity index (χ4v) is 2.77. The number of H-pyrrole nitrogens is 2. The number of aromatic nitrogens is 4. The van der Waals surface area contributed by atoms with Gasteiger partial charge in [-0.25, -0.2) is 9.59 Å². The molecule has 2 aromatic rings. The second-order valence-electron chi connectivity index (χ2n) is 7.25. The van der Waals surface area contributed by atoms with Crippen LogP contribution in [0.1, 0.15) is 36.8 Å². The maximum atomic E-state index is 11.8. The van der Waals surface area contributed by atoms with Crippen molar-refractivity contribution in [2.24, 2.45) is 0 Å². The average Bonchev–Trinajstić information content (AvgIpc) is 2.72. The quantitative estimate of drug-likeness (QED) is 0.337. The van der Waals surface area contributed by atoms with Gasteiger partial charge in [0.25, 0.3) is 11.1 Å². The van der Waals surface area contributed by atoms with Crippen LogP contribution in [0.4, 0.5) is 0 Å². The van der Waals surface area contributed by atoms with E-state index in [0.29, 0.717) is 24.0 Å². The Morgan fingerprint density at radius 2 is 1.09 bits per heavy atom. The average molecular weight is 450 g/mol. The molecule has 0 bridgehead atoms. The molecule has 12 nitrogen and oxygen atoms in total. The third kappa shape index (κ3) is 7.52. The molecule has 32 heavy (non-hydrogen) atoms. The maximum Gasteiger partial charge on any atom is 0.328 e. The first kappa shape index (κ1) is 24.6. The van der Waals surface area contributed by atoms with Crippen molar-refractivity contribution in [3.05, 3.63) is 65.2 Å². The first-order chi connectivity index (χ1) is 15.2. The van der Waals surface area contributed by atoms with Crippen molar-refractivity contribution in [3.63, 3.8) is 0 Å². The van der Waals surface area contributed by atoms with Gasteiger partial charge in [0, 0.05) is 23.5 Å². The molecule has 12 heteroatoms. The van der Waals surface area contributed by atoms with Gasteiger partial charge in [0.15, 0.2) is 0 Å². The van der Waals surface area contributed by atoms with Crippen LogP contribution in [0.5, 0.6) is 0 Å². The highest BCUT2D eigenvalue weighted by Crippen LogP contribution is 2.01. The largest absolute Gasteiger partial charge is 0.464 e. The van der Waals surface area contributed by atoms with Crippen LogP contribution in [-0.4, -0.2) is 44.3 Å². The zero-order valence-electron chi connectivity index (χ0n) is 18.0. The van der Waals surface area contributed by atoms with Crippen LogP contribution in [0.3, 0.4) is 0 Å². The van der Waals surface area contributed by atoms with Crippen LogP contribution in [0, 0.1) is 13.8 Å². The number of esters is 2. The Morgan fingerprint density at radius 1 is 0.719 bits per heavy atom. The summed E-state index contributed by atoms with van der Waals surface area (Å²) in [5, 5.41) is 0. The van der Waals surface area contributed by atoms with Gasteiger partial charge >= 0.3 is 23.3 Å². The molecule has 0 spiro atoms. The van der Waals surface area contributed by atoms with Gasteiger partial charge in [-0.2, -0.15) is 0 Å². The minimum absolute atomic E-state index is 0.185. The van der Waals surface area contributed by atoms with E-state index in [1.54, 1.807) is 0 Å². The molecule has 0 aliphatic carbocycles. The number of aryl methyl sites for hydroxylation is 2. The first-order valence-corrected chi connectivity index (χ1v) is 10.1. The van der Waals surface area contributed by atoms with E-state index in [9.17, 15) is 28.8 Å². The van der Waals surface area contributed by atoms with Crippen molar-refractivity contribution in [3.8, 4) is 0 Å². The van der Waals surface area contributed by atoms with Gasteiger partial charge in [0.2, 0.25) is 0 Å². The zero-order valence-corrected chi connectivity index (χ0v) is 18.0. The van der Waals surface area contributed by atoms with E-state index in [0.717, 1.165) is 22.0 Å². The normalized spacial score (nSPS) is 10.7. The van der Waals surface area contributed by atoms with Gasteiger partial charge in [0.1, 0.15) is 13.1 Å². The minimum atomic E-state index is -0.673. The second kappa shape index (κ2) is 11.6. The molecule has 0 aromatic carbocycles. The molecule has 0 aliphatic heterocycles. The van der Waals surface area contributed by atoms with E-state index in [1.807, 2.05) is 0 Å². The fourth-order valence-electron chi connectivity index (χ4n) is 2.77. The van der Waals surface area contributed by atoms with Gasteiger partial charge in [0.05, 0.1) is 13.2 Å². The number of aromatic amines is 2. The highest BCUT2D eigenvalue weighted by molar-refractivity contribution is 5.69. The lowest BCUT2D eigenvalue weighted by Crippen LogP contribution is -2.33. The predicted octanol–water partition coefficient (Wildman–Crippen LogP) is -0.650. The molecule has 0 radical (unpaired) electrons. The highest BCUT2D eigenvalue weighted by Gasteiger charge is 2.09. The number of hydrogen-bond acceptors (Lipinski definition) is 8. The minimum Gasteiger partial charge on any atom is -0.464 e. The van der Waals surface area contributed by atoms with Crippen molar-refractivity contribution >= 4 is 11.9 Å². The number of hydrogen-bond donors (Lipinski definition) is 2. The molecule has 0 saturated carbocycles. The van der Waals surface area contributed by atoms with Gasteiger partial charge < -0.3 is 9.47 Å². The molecule has 0 unspecified atom stereocenters. The Bertz CT molecular complexity index is 1090. The maximum absolute atomic E-state index is 11.8. The van der Waals surface area contributed by atoms with Crippen LogP contribution in [0.15, 0.2) is 31.6 Å². The molecule has 2 rings (SSSR count). The van der Waals surface area contributed by atoms with Gasteiger partial charge in [-0.15, -0.1) is 0 Å². The van der Waals surface area contributed by atoms with E-state index in [2.05, 4.69) is 9.97 Å². The smallest absolute Gasteiger partial charge is 0.328 e. The molecule has 0 aliphatic rings. The summed E-state index contributed by atoms with van der Waals surface area (Å²) in [7, 11) is 0. The lowest BCUT2D eigenvalue weighted by molar-refractivity contribution is -0.145. The van der Waals surface area contributed by atoms with Crippen LogP contribution < -0.4 is 22.5 Å². The number of rotatable bonds is 11. The number of nitrogens with one attached hydrogen (secondary N) is 2. The van der Waals surface area contributed by atoms with E-state index in [4.69, 9.17) is 9.47 Å². The van der Waals surface area contributed by atoms with Crippen LogP contribution >= 0.6 is 0 Å². The van der Waals surface area contributed by atoms with Gasteiger partial charge in [-0.3, -0.25) is 38.3 Å². The van der Waals surface area contributed by atoms with Crippen molar-refractivity contribution in [2.75, 3.05) is 13.2 Å².